The van der Waals surface area contributed by atoms with E-state index in [0.29, 0.717) is 0 Å². The molecule has 12 heavy (non-hydrogen) atoms. The van der Waals surface area contributed by atoms with Gasteiger partial charge < -0.3 is 4.42 Å². The Morgan fingerprint density at radius 1 is 1.17 bits per heavy atom. The maximum Gasteiger partial charge on any atom is 0.226 e. The largest absolute Gasteiger partial charge is 0.446 e. The van der Waals surface area contributed by atoms with E-state index in [-0.39, 0.29) is 0 Å². The topological polar surface area (TPSA) is 26.0 Å². The minimum atomic E-state index is 0.755. The van der Waals surface area contributed by atoms with Crippen LogP contribution in [0, 0.1) is 20.8 Å². The number of aromatic nitrogens is 1. The molecule has 0 atom stereocenters. The average molecular weight is 161 g/mol. The van der Waals surface area contributed by atoms with E-state index >= 15 is 0 Å². The van der Waals surface area contributed by atoms with Crippen molar-refractivity contribution in [3.63, 3.8) is 0 Å². The van der Waals surface area contributed by atoms with Crippen LogP contribution in [0.2, 0.25) is 0 Å². The Kier molecular flexibility index (Phi) is 1.43. The molecule has 0 N–H and O–H groups in total. The number of hydrogen-bond acceptors (Lipinski definition) is 2. The van der Waals surface area contributed by atoms with E-state index in [4.69, 9.17) is 4.42 Å². The van der Waals surface area contributed by atoms with Gasteiger partial charge in [0.05, 0.1) is 6.26 Å². The molecule has 0 aromatic carbocycles. The molecule has 0 fully saturated rings. The first-order chi connectivity index (χ1) is 5.68. The van der Waals surface area contributed by atoms with Gasteiger partial charge in [0.1, 0.15) is 0 Å². The van der Waals surface area contributed by atoms with Crippen molar-refractivity contribution >= 4 is 11.1 Å². The van der Waals surface area contributed by atoms with Crippen molar-refractivity contribution in [1.29, 1.82) is 0 Å². The first-order valence-electron chi connectivity index (χ1n) is 4.00. The Bertz CT molecular complexity index is 429. The SMILES string of the molecule is Cc1cc(C)c2c(C)coc2n1. The van der Waals surface area contributed by atoms with Crippen LogP contribution < -0.4 is 0 Å². The molecule has 2 nitrogen and oxygen atoms in total. The van der Waals surface area contributed by atoms with E-state index in [9.17, 15) is 0 Å². The predicted molar refractivity (Wildman–Crippen MR) is 48.2 cm³/mol. The summed E-state index contributed by atoms with van der Waals surface area (Å²) in [5.41, 5.74) is 4.16. The Morgan fingerprint density at radius 2 is 1.92 bits per heavy atom. The third-order valence-corrected chi connectivity index (χ3v) is 2.05. The summed E-state index contributed by atoms with van der Waals surface area (Å²) in [6.07, 6.45) is 1.75. The highest BCUT2D eigenvalue weighted by Crippen LogP contribution is 2.22. The third-order valence-electron chi connectivity index (χ3n) is 2.05. The molecular formula is C10H11NO. The smallest absolute Gasteiger partial charge is 0.226 e. The van der Waals surface area contributed by atoms with E-state index in [1.165, 1.54) is 5.56 Å². The molecule has 2 rings (SSSR count). The molecule has 2 aromatic rings. The van der Waals surface area contributed by atoms with Crippen molar-refractivity contribution in [3.8, 4) is 0 Å². The Hall–Kier alpha value is -1.31. The minimum Gasteiger partial charge on any atom is -0.446 e. The lowest BCUT2D eigenvalue weighted by Crippen LogP contribution is -1.84. The average Bonchev–Trinajstić information content (AvgIpc) is 2.31. The lowest BCUT2D eigenvalue weighted by molar-refractivity contribution is 0.599. The zero-order valence-electron chi connectivity index (χ0n) is 7.51. The summed E-state index contributed by atoms with van der Waals surface area (Å²) >= 11 is 0. The molecule has 0 saturated carbocycles. The molecule has 2 heteroatoms. The van der Waals surface area contributed by atoms with Crippen molar-refractivity contribution in [1.82, 2.24) is 4.98 Å². The summed E-state index contributed by atoms with van der Waals surface area (Å²) < 4.78 is 5.30. The number of fused-ring (bicyclic) bond motifs is 1. The minimum absolute atomic E-state index is 0.755. The molecule has 0 bridgehead atoms. The highest BCUT2D eigenvalue weighted by atomic mass is 16.3. The second-order valence-electron chi connectivity index (χ2n) is 3.18. The number of hydrogen-bond donors (Lipinski definition) is 0. The van der Waals surface area contributed by atoms with Gasteiger partial charge in [-0.25, -0.2) is 4.98 Å². The number of furan rings is 1. The van der Waals surface area contributed by atoms with Crippen molar-refractivity contribution in [2.75, 3.05) is 0 Å². The van der Waals surface area contributed by atoms with Gasteiger partial charge >= 0.3 is 0 Å². The fraction of sp³-hybridized carbons (Fsp3) is 0.300. The lowest BCUT2D eigenvalue weighted by atomic mass is 10.1. The number of rotatable bonds is 0. The third kappa shape index (κ3) is 0.916. The molecule has 0 aliphatic heterocycles. The lowest BCUT2D eigenvalue weighted by Gasteiger charge is -1.97. The van der Waals surface area contributed by atoms with E-state index in [2.05, 4.69) is 18.0 Å². The van der Waals surface area contributed by atoms with Crippen LogP contribution in [0.5, 0.6) is 0 Å². The van der Waals surface area contributed by atoms with E-state index in [0.717, 1.165) is 22.4 Å². The van der Waals surface area contributed by atoms with E-state index in [1.807, 2.05) is 13.8 Å². The maximum absolute atomic E-state index is 5.30. The highest BCUT2D eigenvalue weighted by molar-refractivity contribution is 5.81. The molecule has 0 amide bonds. The molecule has 0 saturated heterocycles. The van der Waals surface area contributed by atoms with Crippen LogP contribution in [0.15, 0.2) is 16.7 Å². The molecule has 0 unspecified atom stereocenters. The molecule has 2 heterocycles. The molecule has 0 spiro atoms. The second kappa shape index (κ2) is 2.34. The van der Waals surface area contributed by atoms with Gasteiger partial charge in [-0.15, -0.1) is 0 Å². The summed E-state index contributed by atoms with van der Waals surface area (Å²) in [6.45, 7) is 6.10. The quantitative estimate of drug-likeness (QED) is 0.593. The van der Waals surface area contributed by atoms with Gasteiger partial charge in [0.2, 0.25) is 5.71 Å². The first-order valence-corrected chi connectivity index (χ1v) is 4.00. The van der Waals surface area contributed by atoms with Gasteiger partial charge in [0.15, 0.2) is 0 Å². The fourth-order valence-electron chi connectivity index (χ4n) is 1.57. The van der Waals surface area contributed by atoms with Crippen LogP contribution >= 0.6 is 0 Å². The van der Waals surface area contributed by atoms with Gasteiger partial charge in [-0.2, -0.15) is 0 Å². The maximum atomic E-state index is 5.30. The van der Waals surface area contributed by atoms with Crippen molar-refractivity contribution < 1.29 is 4.42 Å². The van der Waals surface area contributed by atoms with Crippen LogP contribution in [0.25, 0.3) is 11.1 Å². The molecular weight excluding hydrogens is 150 g/mol. The summed E-state index contributed by atoms with van der Waals surface area (Å²) in [6, 6.07) is 2.07. The molecule has 0 radical (unpaired) electrons. The molecule has 2 aromatic heterocycles. The van der Waals surface area contributed by atoms with Crippen LogP contribution in [0.4, 0.5) is 0 Å². The van der Waals surface area contributed by atoms with Gasteiger partial charge in [0, 0.05) is 11.1 Å². The number of pyridine rings is 1. The predicted octanol–water partition coefficient (Wildman–Crippen LogP) is 2.75. The molecule has 0 aliphatic carbocycles. The van der Waals surface area contributed by atoms with E-state index < -0.39 is 0 Å². The number of nitrogens with zero attached hydrogens (tertiary/aromatic N) is 1. The Balaban J connectivity index is 2.93. The first kappa shape index (κ1) is 7.35. The Labute approximate surface area is 71.2 Å². The van der Waals surface area contributed by atoms with E-state index in [1.54, 1.807) is 6.26 Å². The van der Waals surface area contributed by atoms with Gasteiger partial charge in [-0.05, 0) is 38.0 Å². The van der Waals surface area contributed by atoms with Crippen LogP contribution in [-0.2, 0) is 0 Å². The summed E-state index contributed by atoms with van der Waals surface area (Å²) in [4.78, 5) is 4.29. The fourth-order valence-corrected chi connectivity index (χ4v) is 1.57. The van der Waals surface area contributed by atoms with Crippen LogP contribution in [0.1, 0.15) is 16.8 Å². The van der Waals surface area contributed by atoms with Gasteiger partial charge in [0.25, 0.3) is 0 Å². The second-order valence-corrected chi connectivity index (χ2v) is 3.18. The summed E-state index contributed by atoms with van der Waals surface area (Å²) in [5, 5.41) is 1.15. The van der Waals surface area contributed by atoms with Crippen LogP contribution in [0.3, 0.4) is 0 Å². The standard InChI is InChI=1S/C10H11NO/c1-6-4-8(3)11-10-9(6)7(2)5-12-10/h4-5H,1-3H3. The summed E-state index contributed by atoms with van der Waals surface area (Å²) in [5.74, 6) is 0. The number of aryl methyl sites for hydroxylation is 3. The monoisotopic (exact) mass is 161 g/mol. The highest BCUT2D eigenvalue weighted by Gasteiger charge is 2.06. The van der Waals surface area contributed by atoms with Crippen molar-refractivity contribution in [2.24, 2.45) is 0 Å². The van der Waals surface area contributed by atoms with Crippen molar-refractivity contribution in [2.45, 2.75) is 20.8 Å². The Morgan fingerprint density at radius 3 is 2.67 bits per heavy atom. The normalized spacial score (nSPS) is 10.9. The van der Waals surface area contributed by atoms with Crippen molar-refractivity contribution in [3.05, 3.63) is 29.2 Å². The molecule has 62 valence electrons. The zero-order chi connectivity index (χ0) is 8.72. The molecule has 0 aliphatic rings. The van der Waals surface area contributed by atoms with Gasteiger partial charge in [-0.3, -0.25) is 0 Å². The van der Waals surface area contributed by atoms with Gasteiger partial charge in [-0.1, -0.05) is 0 Å². The summed E-state index contributed by atoms with van der Waals surface area (Å²) in [7, 11) is 0. The van der Waals surface area contributed by atoms with Crippen LogP contribution in [-0.4, -0.2) is 4.98 Å². The zero-order valence-corrected chi connectivity index (χ0v) is 7.51.